The minimum Gasteiger partial charge on any atom is -0.507 e. The summed E-state index contributed by atoms with van der Waals surface area (Å²) in [6.07, 6.45) is 0.681. The summed E-state index contributed by atoms with van der Waals surface area (Å²) in [4.78, 5) is 22.5. The van der Waals surface area contributed by atoms with Crippen molar-refractivity contribution in [1.29, 1.82) is 0 Å². The summed E-state index contributed by atoms with van der Waals surface area (Å²) >= 11 is 0. The number of ether oxygens (including phenoxy) is 1. The molecule has 0 radical (unpaired) electrons. The molecule has 0 saturated heterocycles. The number of rotatable bonds is 7. The lowest BCUT2D eigenvalue weighted by Gasteiger charge is -2.13. The molecule has 5 heteroatoms. The third-order valence-electron chi connectivity index (χ3n) is 4.76. The first kappa shape index (κ1) is 20.1. The summed E-state index contributed by atoms with van der Waals surface area (Å²) in [5, 5.41) is 19.2. The zero-order valence-corrected chi connectivity index (χ0v) is 16.3. The fourth-order valence-corrected chi connectivity index (χ4v) is 3.11. The number of carboxylic acid groups (broad SMARTS) is 1. The predicted octanol–water partition coefficient (Wildman–Crippen LogP) is 4.77. The number of carbonyl (C=O) groups excluding carboxylic acids is 1. The van der Waals surface area contributed by atoms with E-state index in [4.69, 9.17) is 9.84 Å². The molecule has 0 saturated carbocycles. The maximum atomic E-state index is 11.5. The summed E-state index contributed by atoms with van der Waals surface area (Å²) in [6, 6.07) is 18.0. The van der Waals surface area contributed by atoms with E-state index < -0.39 is 5.97 Å². The van der Waals surface area contributed by atoms with Crippen molar-refractivity contribution in [2.24, 2.45) is 0 Å². The average Bonchev–Trinajstić information content (AvgIpc) is 2.69. The van der Waals surface area contributed by atoms with Gasteiger partial charge in [-0.05, 0) is 61.2 Å². The summed E-state index contributed by atoms with van der Waals surface area (Å²) in [5.41, 5.74) is 4.16. The maximum Gasteiger partial charge on any atom is 0.335 e. The van der Waals surface area contributed by atoms with E-state index in [9.17, 15) is 14.7 Å². The Hall–Kier alpha value is -3.60. The molecule has 3 aromatic rings. The number of phenolic OH excluding ortho intramolecular Hbond substituents is 1. The van der Waals surface area contributed by atoms with Crippen LogP contribution in [0, 0.1) is 6.92 Å². The largest absolute Gasteiger partial charge is 0.507 e. The van der Waals surface area contributed by atoms with E-state index >= 15 is 0 Å². The maximum absolute atomic E-state index is 11.5. The fraction of sp³-hybridized carbons (Fsp3) is 0.167. The van der Waals surface area contributed by atoms with Gasteiger partial charge >= 0.3 is 5.97 Å². The lowest BCUT2D eigenvalue weighted by molar-refractivity contribution is 0.0696. The van der Waals surface area contributed by atoms with Gasteiger partial charge in [-0.2, -0.15) is 0 Å². The zero-order chi connectivity index (χ0) is 21.0. The summed E-state index contributed by atoms with van der Waals surface area (Å²) < 4.78 is 5.85. The molecule has 29 heavy (non-hydrogen) atoms. The van der Waals surface area contributed by atoms with Gasteiger partial charge in [0.15, 0.2) is 5.78 Å². The molecule has 0 atom stereocenters. The number of phenols is 1. The third-order valence-corrected chi connectivity index (χ3v) is 4.76. The van der Waals surface area contributed by atoms with Crippen LogP contribution in [0.2, 0.25) is 0 Å². The van der Waals surface area contributed by atoms with E-state index in [2.05, 4.69) is 0 Å². The van der Waals surface area contributed by atoms with Gasteiger partial charge in [0.2, 0.25) is 0 Å². The molecule has 2 N–H and O–H groups in total. The lowest BCUT2D eigenvalue weighted by Crippen LogP contribution is -2.01. The highest BCUT2D eigenvalue weighted by Crippen LogP contribution is 2.31. The van der Waals surface area contributed by atoms with Gasteiger partial charge in [-0.1, -0.05) is 36.4 Å². The van der Waals surface area contributed by atoms with Crippen molar-refractivity contribution in [2.45, 2.75) is 26.9 Å². The normalized spacial score (nSPS) is 10.6. The molecule has 0 fully saturated rings. The first-order valence-corrected chi connectivity index (χ1v) is 9.21. The highest BCUT2D eigenvalue weighted by molar-refractivity contribution is 5.97. The topological polar surface area (TPSA) is 83.8 Å². The molecule has 0 heterocycles. The predicted molar refractivity (Wildman–Crippen MR) is 110 cm³/mol. The van der Waals surface area contributed by atoms with E-state index in [-0.39, 0.29) is 22.7 Å². The number of hydrogen-bond donors (Lipinski definition) is 2. The quantitative estimate of drug-likeness (QED) is 0.568. The SMILES string of the molecule is CC(=O)c1ccc(OCc2cccc(Cc3ccc(C(=O)O)cc3)c2)c(C)c1O. The van der Waals surface area contributed by atoms with E-state index in [1.807, 2.05) is 36.4 Å². The van der Waals surface area contributed by atoms with E-state index in [1.54, 1.807) is 31.2 Å². The van der Waals surface area contributed by atoms with Crippen LogP contribution in [0.5, 0.6) is 11.5 Å². The van der Waals surface area contributed by atoms with Gasteiger partial charge in [0.05, 0.1) is 11.1 Å². The molecule has 0 aliphatic heterocycles. The third kappa shape index (κ3) is 4.82. The van der Waals surface area contributed by atoms with Gasteiger partial charge in [-0.25, -0.2) is 4.79 Å². The number of carbonyl (C=O) groups is 2. The van der Waals surface area contributed by atoms with Gasteiger partial charge < -0.3 is 14.9 Å². The minimum atomic E-state index is -0.937. The average molecular weight is 390 g/mol. The van der Waals surface area contributed by atoms with Gasteiger partial charge in [0, 0.05) is 5.56 Å². The van der Waals surface area contributed by atoms with Gasteiger partial charge in [0.25, 0.3) is 0 Å². The first-order valence-electron chi connectivity index (χ1n) is 9.21. The number of benzene rings is 3. The monoisotopic (exact) mass is 390 g/mol. The standard InChI is InChI=1S/C24H22O5/c1-15-22(11-10-21(16(2)25)23(15)26)29-14-19-5-3-4-18(13-19)12-17-6-8-20(9-7-17)24(27)28/h3-11,13,26H,12,14H2,1-2H3,(H,27,28). The Kier molecular flexibility index (Phi) is 5.98. The van der Waals surface area contributed by atoms with E-state index in [0.717, 1.165) is 16.7 Å². The van der Waals surface area contributed by atoms with Crippen molar-refractivity contribution in [3.05, 3.63) is 94.0 Å². The number of Topliss-reactive ketones (excluding diaryl/α,β-unsaturated/α-hetero) is 1. The van der Waals surface area contributed by atoms with E-state index in [0.29, 0.717) is 24.3 Å². The molecular formula is C24H22O5. The lowest BCUT2D eigenvalue weighted by atomic mass is 10.0. The summed E-state index contributed by atoms with van der Waals surface area (Å²) in [5.74, 6) is -0.648. The van der Waals surface area contributed by atoms with Gasteiger partial charge in [0.1, 0.15) is 18.1 Å². The second-order valence-corrected chi connectivity index (χ2v) is 6.93. The van der Waals surface area contributed by atoms with Crippen LogP contribution in [0.1, 0.15) is 49.9 Å². The van der Waals surface area contributed by atoms with Crippen LogP contribution in [0.4, 0.5) is 0 Å². The van der Waals surface area contributed by atoms with Crippen LogP contribution in [0.3, 0.4) is 0 Å². The molecule has 0 aliphatic carbocycles. The van der Waals surface area contributed by atoms with Crippen molar-refractivity contribution in [3.8, 4) is 11.5 Å². The highest BCUT2D eigenvalue weighted by Gasteiger charge is 2.13. The molecular weight excluding hydrogens is 368 g/mol. The molecule has 0 aliphatic rings. The second-order valence-electron chi connectivity index (χ2n) is 6.93. The zero-order valence-electron chi connectivity index (χ0n) is 16.3. The number of carboxylic acids is 1. The highest BCUT2D eigenvalue weighted by atomic mass is 16.5. The molecule has 3 aromatic carbocycles. The molecule has 0 unspecified atom stereocenters. The number of aromatic carboxylic acids is 1. The van der Waals surface area contributed by atoms with Crippen LogP contribution in [0.25, 0.3) is 0 Å². The molecule has 0 spiro atoms. The number of hydrogen-bond acceptors (Lipinski definition) is 4. The molecule has 5 nitrogen and oxygen atoms in total. The Morgan fingerprint density at radius 3 is 2.28 bits per heavy atom. The smallest absolute Gasteiger partial charge is 0.335 e. The Balaban J connectivity index is 1.69. The van der Waals surface area contributed by atoms with Gasteiger partial charge in [-0.15, -0.1) is 0 Å². The van der Waals surface area contributed by atoms with Crippen molar-refractivity contribution in [1.82, 2.24) is 0 Å². The van der Waals surface area contributed by atoms with Crippen molar-refractivity contribution < 1.29 is 24.5 Å². The van der Waals surface area contributed by atoms with E-state index in [1.165, 1.54) is 6.92 Å². The van der Waals surface area contributed by atoms with Crippen LogP contribution >= 0.6 is 0 Å². The number of aromatic hydroxyl groups is 1. The van der Waals surface area contributed by atoms with Crippen LogP contribution in [-0.2, 0) is 13.0 Å². The van der Waals surface area contributed by atoms with Crippen molar-refractivity contribution in [2.75, 3.05) is 0 Å². The fourth-order valence-electron chi connectivity index (χ4n) is 3.11. The Morgan fingerprint density at radius 2 is 1.62 bits per heavy atom. The van der Waals surface area contributed by atoms with Crippen molar-refractivity contribution in [3.63, 3.8) is 0 Å². The summed E-state index contributed by atoms with van der Waals surface area (Å²) in [6.45, 7) is 3.45. The minimum absolute atomic E-state index is 0.0476. The Bertz CT molecular complexity index is 1050. The Morgan fingerprint density at radius 1 is 0.931 bits per heavy atom. The number of ketones is 1. The molecule has 3 rings (SSSR count). The summed E-state index contributed by atoms with van der Waals surface area (Å²) in [7, 11) is 0. The second kappa shape index (κ2) is 8.61. The molecule has 0 amide bonds. The van der Waals surface area contributed by atoms with Crippen LogP contribution in [-0.4, -0.2) is 22.0 Å². The first-order chi connectivity index (χ1) is 13.8. The van der Waals surface area contributed by atoms with Crippen LogP contribution < -0.4 is 4.74 Å². The molecule has 0 bridgehead atoms. The van der Waals surface area contributed by atoms with Gasteiger partial charge in [-0.3, -0.25) is 4.79 Å². The molecule has 148 valence electrons. The Labute approximate surface area is 169 Å². The van der Waals surface area contributed by atoms with Crippen LogP contribution in [0.15, 0.2) is 60.7 Å². The van der Waals surface area contributed by atoms with Crippen molar-refractivity contribution >= 4 is 11.8 Å². The molecule has 0 aromatic heterocycles.